The molecule has 0 radical (unpaired) electrons. The topological polar surface area (TPSA) is 104 Å². The highest BCUT2D eigenvalue weighted by molar-refractivity contribution is 8.14. The molecule has 0 saturated heterocycles. The first-order chi connectivity index (χ1) is 15.3. The van der Waals surface area contributed by atoms with Crippen LogP contribution < -0.4 is 11.1 Å². The Morgan fingerprint density at radius 2 is 2.09 bits per heavy atom. The zero-order chi connectivity index (χ0) is 23.4. The smallest absolute Gasteiger partial charge is 0.206 e. The summed E-state index contributed by atoms with van der Waals surface area (Å²) in [4.78, 5) is 17.6. The molecule has 4 atom stereocenters. The van der Waals surface area contributed by atoms with E-state index in [0.717, 1.165) is 0 Å². The average Bonchev–Trinajstić information content (AvgIpc) is 3.43. The van der Waals surface area contributed by atoms with Crippen molar-refractivity contribution in [2.45, 2.75) is 25.1 Å². The summed E-state index contributed by atoms with van der Waals surface area (Å²) in [5, 5.41) is 12.0. The van der Waals surface area contributed by atoms with Gasteiger partial charge in [0.05, 0.1) is 11.6 Å². The molecule has 1 saturated carbocycles. The van der Waals surface area contributed by atoms with Crippen LogP contribution in [0.25, 0.3) is 11.9 Å². The first kappa shape index (κ1) is 23.4. The number of amides is 1. The average molecular weight is 456 g/mol. The quantitative estimate of drug-likeness (QED) is 0.679. The van der Waals surface area contributed by atoms with Gasteiger partial charge in [0.2, 0.25) is 6.41 Å². The molecule has 1 aromatic carbocycles. The van der Waals surface area contributed by atoms with Crippen LogP contribution in [0, 0.1) is 35.9 Å². The number of carbonyl (C=O) groups excluding carboxylic acids is 1. The number of amidine groups is 1. The molecule has 1 amide bonds. The number of nitrogens with one attached hydrogen (secondary N) is 1. The fourth-order valence-corrected chi connectivity index (χ4v) is 5.07. The van der Waals surface area contributed by atoms with Crippen molar-refractivity contribution in [1.29, 1.82) is 5.26 Å². The first-order valence-electron chi connectivity index (χ1n) is 9.95. The van der Waals surface area contributed by atoms with E-state index >= 15 is 0 Å². The van der Waals surface area contributed by atoms with E-state index in [9.17, 15) is 8.78 Å². The van der Waals surface area contributed by atoms with Crippen LogP contribution in [0.3, 0.4) is 0 Å². The molecule has 2 heterocycles. The van der Waals surface area contributed by atoms with E-state index in [1.807, 2.05) is 6.07 Å². The molecule has 1 fully saturated rings. The summed E-state index contributed by atoms with van der Waals surface area (Å²) < 4.78 is 29.3. The Labute approximate surface area is 189 Å². The Kier molecular flexibility index (Phi) is 7.26. The van der Waals surface area contributed by atoms with E-state index < -0.39 is 5.83 Å². The minimum absolute atomic E-state index is 0.164. The van der Waals surface area contributed by atoms with Crippen molar-refractivity contribution in [2.24, 2.45) is 22.6 Å². The maximum absolute atomic E-state index is 14.8. The van der Waals surface area contributed by atoms with E-state index in [1.54, 1.807) is 37.9 Å². The minimum atomic E-state index is -0.542. The Bertz CT molecular complexity index is 1130. The number of hydrogen-bond acceptors (Lipinski definition) is 6. The van der Waals surface area contributed by atoms with Crippen LogP contribution in [-0.4, -0.2) is 28.9 Å². The highest BCUT2D eigenvalue weighted by Crippen LogP contribution is 2.58. The van der Waals surface area contributed by atoms with Gasteiger partial charge >= 0.3 is 0 Å². The molecular formula is C23H23F2N5OS. The molecule has 1 aliphatic carbocycles. The Balaban J connectivity index is 0.000000668. The molecule has 0 spiro atoms. The summed E-state index contributed by atoms with van der Waals surface area (Å²) in [6.45, 7) is 3.81. The molecule has 2 aliphatic rings. The fourth-order valence-electron chi connectivity index (χ4n) is 3.76. The van der Waals surface area contributed by atoms with Gasteiger partial charge in [0, 0.05) is 30.0 Å². The van der Waals surface area contributed by atoms with Gasteiger partial charge < -0.3 is 11.1 Å². The Hall–Kier alpha value is -3.25. The van der Waals surface area contributed by atoms with E-state index in [2.05, 4.69) is 22.2 Å². The highest BCUT2D eigenvalue weighted by Gasteiger charge is 2.55. The van der Waals surface area contributed by atoms with Gasteiger partial charge in [-0.3, -0.25) is 14.8 Å². The number of carbonyl (C=O) groups is 1. The minimum Gasteiger partial charge on any atom is -0.379 e. The van der Waals surface area contributed by atoms with Gasteiger partial charge in [-0.15, -0.1) is 0 Å². The fraction of sp³-hybridized carbons (Fsp3) is 0.304. The lowest BCUT2D eigenvalue weighted by Gasteiger charge is -2.19. The predicted octanol–water partition coefficient (Wildman–Crippen LogP) is 3.97. The summed E-state index contributed by atoms with van der Waals surface area (Å²) in [5.74, 6) is -0.241. The highest BCUT2D eigenvalue weighted by atomic mass is 32.2. The van der Waals surface area contributed by atoms with Gasteiger partial charge in [0.1, 0.15) is 23.4 Å². The number of nitrogens with zero attached hydrogens (tertiary/aromatic N) is 3. The zero-order valence-electron chi connectivity index (χ0n) is 17.8. The molecule has 166 valence electrons. The van der Waals surface area contributed by atoms with Crippen LogP contribution in [0.4, 0.5) is 8.78 Å². The molecule has 1 aromatic heterocycles. The zero-order valence-corrected chi connectivity index (χ0v) is 18.7. The number of nitrogens with two attached hydrogens (primary N) is 1. The number of aromatic nitrogens is 1. The second-order valence-electron chi connectivity index (χ2n) is 7.61. The number of pyridine rings is 1. The second kappa shape index (κ2) is 9.92. The molecule has 4 rings (SSSR count). The lowest BCUT2D eigenvalue weighted by atomic mass is 9.98. The number of aryl methyl sites for hydroxylation is 1. The largest absolute Gasteiger partial charge is 0.379 e. The summed E-state index contributed by atoms with van der Waals surface area (Å²) in [5.41, 5.74) is 7.97. The number of aliphatic imine (C=N–C) groups is 1. The number of benzene rings is 1. The number of halogens is 2. The molecule has 6 nitrogen and oxygen atoms in total. The van der Waals surface area contributed by atoms with E-state index in [1.165, 1.54) is 24.4 Å². The first-order valence-corrected chi connectivity index (χ1v) is 10.8. The standard InChI is InChI=1S/C21H18F2N4S.C2H5NO/c1-10-5-13(8-24)9-26-18(10)16(23)7-12-3-4-15(22)14(6-12)19-17-11(2)20(17)28-21(25)27-19;1-3-2-4/h3-7,9,11,17,19-20H,1-2H3,(H2,25,27);2H,1H3,(H,3,4)/b16-7-;. The van der Waals surface area contributed by atoms with Crippen LogP contribution >= 0.6 is 11.8 Å². The third-order valence-corrected chi connectivity index (χ3v) is 6.80. The molecule has 2 aromatic rings. The van der Waals surface area contributed by atoms with Crippen LogP contribution in [0.5, 0.6) is 0 Å². The molecule has 3 N–H and O–H groups in total. The molecular weight excluding hydrogens is 432 g/mol. The number of hydrogen-bond donors (Lipinski definition) is 2. The van der Waals surface area contributed by atoms with Gasteiger partial charge in [-0.05, 0) is 48.2 Å². The lowest BCUT2D eigenvalue weighted by Crippen LogP contribution is -2.17. The van der Waals surface area contributed by atoms with Crippen molar-refractivity contribution in [1.82, 2.24) is 10.3 Å². The Morgan fingerprint density at radius 3 is 2.72 bits per heavy atom. The summed E-state index contributed by atoms with van der Waals surface area (Å²) in [7, 11) is 1.56. The maximum atomic E-state index is 14.8. The van der Waals surface area contributed by atoms with Crippen molar-refractivity contribution in [3.8, 4) is 6.07 Å². The molecule has 32 heavy (non-hydrogen) atoms. The van der Waals surface area contributed by atoms with Crippen LogP contribution in [0.1, 0.15) is 40.9 Å². The predicted molar refractivity (Wildman–Crippen MR) is 123 cm³/mol. The van der Waals surface area contributed by atoms with Crippen molar-refractivity contribution in [3.63, 3.8) is 0 Å². The van der Waals surface area contributed by atoms with Gasteiger partial charge in [0.25, 0.3) is 0 Å². The van der Waals surface area contributed by atoms with Crippen molar-refractivity contribution in [3.05, 3.63) is 64.2 Å². The van der Waals surface area contributed by atoms with Crippen LogP contribution in [-0.2, 0) is 4.79 Å². The summed E-state index contributed by atoms with van der Waals surface area (Å²) in [6, 6.07) is 7.71. The molecule has 1 aliphatic heterocycles. The summed E-state index contributed by atoms with van der Waals surface area (Å²) >= 11 is 1.55. The van der Waals surface area contributed by atoms with Crippen LogP contribution in [0.15, 0.2) is 35.5 Å². The normalized spacial score (nSPS) is 23.6. The third-order valence-electron chi connectivity index (χ3n) is 5.44. The maximum Gasteiger partial charge on any atom is 0.206 e. The van der Waals surface area contributed by atoms with E-state index in [4.69, 9.17) is 15.8 Å². The van der Waals surface area contributed by atoms with E-state index in [0.29, 0.717) is 45.0 Å². The number of rotatable bonds is 4. The molecule has 0 bridgehead atoms. The van der Waals surface area contributed by atoms with Gasteiger partial charge in [-0.25, -0.2) is 8.78 Å². The second-order valence-corrected chi connectivity index (χ2v) is 8.81. The lowest BCUT2D eigenvalue weighted by molar-refractivity contribution is -0.109. The number of thioether (sulfide) groups is 1. The van der Waals surface area contributed by atoms with Gasteiger partial charge in [-0.1, -0.05) is 24.8 Å². The van der Waals surface area contributed by atoms with Crippen LogP contribution in [0.2, 0.25) is 0 Å². The third kappa shape index (κ3) is 4.97. The number of nitriles is 1. The Morgan fingerprint density at radius 1 is 1.38 bits per heavy atom. The van der Waals surface area contributed by atoms with Gasteiger partial charge in [-0.2, -0.15) is 5.26 Å². The van der Waals surface area contributed by atoms with Gasteiger partial charge in [0.15, 0.2) is 5.17 Å². The molecule has 4 unspecified atom stereocenters. The number of fused-ring (bicyclic) bond motifs is 1. The SMILES string of the molecule is CNC=O.Cc1cc(C#N)cnc1/C(F)=C/c1ccc(F)c(C2N=C(N)SC3C(C)C23)c1. The van der Waals surface area contributed by atoms with Crippen molar-refractivity contribution in [2.75, 3.05) is 7.05 Å². The van der Waals surface area contributed by atoms with Crippen molar-refractivity contribution >= 4 is 35.2 Å². The monoisotopic (exact) mass is 455 g/mol. The molecule has 9 heteroatoms. The van der Waals surface area contributed by atoms with E-state index in [-0.39, 0.29) is 23.5 Å². The summed E-state index contributed by atoms with van der Waals surface area (Å²) in [6.07, 6.45) is 3.28. The van der Waals surface area contributed by atoms with Crippen molar-refractivity contribution < 1.29 is 13.6 Å².